The Hall–Kier alpha value is -1.22. The number of esters is 1. The molecule has 17 heavy (non-hydrogen) atoms. The first kappa shape index (κ1) is 13.8. The number of hydrogen-bond acceptors (Lipinski definition) is 3. The third kappa shape index (κ3) is 5.59. The lowest BCUT2D eigenvalue weighted by atomic mass is 10.2. The number of benzene rings is 1. The molecule has 0 N–H and O–H groups in total. The fraction of sp³-hybridized carbons (Fsp3) is 0.308. The number of ether oxygens (including phenoxy) is 2. The first-order valence-corrected chi connectivity index (χ1v) is 6.46. The predicted octanol–water partition coefficient (Wildman–Crippen LogP) is 2.76. The van der Waals surface area contributed by atoms with Crippen LogP contribution < -0.4 is 4.74 Å². The van der Waals surface area contributed by atoms with Gasteiger partial charge in [-0.1, -0.05) is 5.92 Å². The first-order valence-electron chi connectivity index (χ1n) is 5.21. The second-order valence-electron chi connectivity index (χ2n) is 3.16. The average Bonchev–Trinajstić information content (AvgIpc) is 2.28. The number of halogens is 1. The maximum absolute atomic E-state index is 11.0. The number of carbonyl (C=O) groups is 1. The summed E-state index contributed by atoms with van der Waals surface area (Å²) in [6, 6.07) is 7.26. The van der Waals surface area contributed by atoms with Gasteiger partial charge in [-0.2, -0.15) is 0 Å². The standard InChI is InChI=1S/C13H13IO3/c1-3-16-13(15)9-6-11-4-7-12(8-5-11)17-10(2)14/h4-5,7-8,10H,3H2,1-2H3. The molecule has 0 aromatic heterocycles. The zero-order chi connectivity index (χ0) is 12.7. The lowest BCUT2D eigenvalue weighted by Gasteiger charge is -2.07. The van der Waals surface area contributed by atoms with Crippen molar-refractivity contribution in [1.82, 2.24) is 0 Å². The van der Waals surface area contributed by atoms with Gasteiger partial charge in [0.25, 0.3) is 0 Å². The van der Waals surface area contributed by atoms with Crippen molar-refractivity contribution in [2.75, 3.05) is 6.61 Å². The van der Waals surface area contributed by atoms with E-state index in [0.29, 0.717) is 6.61 Å². The molecule has 1 aromatic rings. The minimum absolute atomic E-state index is 0.115. The lowest BCUT2D eigenvalue weighted by Crippen LogP contribution is -2.01. The molecule has 1 rings (SSSR count). The summed E-state index contributed by atoms with van der Waals surface area (Å²) in [7, 11) is 0. The highest BCUT2D eigenvalue weighted by molar-refractivity contribution is 14.1. The van der Waals surface area contributed by atoms with Gasteiger partial charge in [0, 0.05) is 11.5 Å². The molecule has 0 bridgehead atoms. The third-order valence-electron chi connectivity index (χ3n) is 1.74. The summed E-state index contributed by atoms with van der Waals surface area (Å²) in [5.74, 6) is 5.41. The van der Waals surface area contributed by atoms with E-state index in [-0.39, 0.29) is 4.11 Å². The van der Waals surface area contributed by atoms with Crippen LogP contribution in [-0.2, 0) is 9.53 Å². The Morgan fingerprint density at radius 2 is 2.06 bits per heavy atom. The molecule has 0 amide bonds. The molecule has 1 unspecified atom stereocenters. The highest BCUT2D eigenvalue weighted by Crippen LogP contribution is 2.15. The first-order chi connectivity index (χ1) is 8.11. The van der Waals surface area contributed by atoms with Crippen LogP contribution in [0.4, 0.5) is 0 Å². The monoisotopic (exact) mass is 344 g/mol. The van der Waals surface area contributed by atoms with Gasteiger partial charge in [-0.05, 0) is 60.7 Å². The molecule has 1 aromatic carbocycles. The Morgan fingerprint density at radius 3 is 2.59 bits per heavy atom. The second-order valence-corrected chi connectivity index (χ2v) is 4.91. The van der Waals surface area contributed by atoms with Crippen LogP contribution in [0.2, 0.25) is 0 Å². The molecule has 0 heterocycles. The molecular weight excluding hydrogens is 331 g/mol. The highest BCUT2D eigenvalue weighted by atomic mass is 127. The lowest BCUT2D eigenvalue weighted by molar-refractivity contribution is -0.136. The van der Waals surface area contributed by atoms with Gasteiger partial charge in [-0.3, -0.25) is 0 Å². The molecule has 0 radical (unpaired) electrons. The molecule has 1 atom stereocenters. The van der Waals surface area contributed by atoms with Gasteiger partial charge in [-0.25, -0.2) is 4.79 Å². The molecule has 0 saturated carbocycles. The van der Waals surface area contributed by atoms with Crippen molar-refractivity contribution in [2.24, 2.45) is 0 Å². The molecule has 4 heteroatoms. The molecule has 0 fully saturated rings. The van der Waals surface area contributed by atoms with E-state index in [4.69, 9.17) is 9.47 Å². The predicted molar refractivity (Wildman–Crippen MR) is 74.1 cm³/mol. The van der Waals surface area contributed by atoms with Crippen molar-refractivity contribution >= 4 is 28.6 Å². The van der Waals surface area contributed by atoms with Crippen molar-refractivity contribution < 1.29 is 14.3 Å². The van der Waals surface area contributed by atoms with Gasteiger partial charge >= 0.3 is 5.97 Å². The Labute approximate surface area is 115 Å². The van der Waals surface area contributed by atoms with Crippen molar-refractivity contribution in [3.05, 3.63) is 29.8 Å². The van der Waals surface area contributed by atoms with Crippen molar-refractivity contribution in [2.45, 2.75) is 18.0 Å². The molecule has 3 nitrogen and oxygen atoms in total. The number of rotatable bonds is 3. The van der Waals surface area contributed by atoms with Crippen LogP contribution in [0.1, 0.15) is 19.4 Å². The van der Waals surface area contributed by atoms with Crippen LogP contribution in [0.25, 0.3) is 0 Å². The van der Waals surface area contributed by atoms with Crippen LogP contribution >= 0.6 is 22.6 Å². The molecule has 0 aliphatic rings. The van der Waals surface area contributed by atoms with Gasteiger partial charge in [0.15, 0.2) is 0 Å². The maximum atomic E-state index is 11.0. The van der Waals surface area contributed by atoms with E-state index >= 15 is 0 Å². The normalized spacial score (nSPS) is 11.0. The van der Waals surface area contributed by atoms with Crippen molar-refractivity contribution in [3.8, 4) is 17.6 Å². The summed E-state index contributed by atoms with van der Waals surface area (Å²) in [6.07, 6.45) is 0. The van der Waals surface area contributed by atoms with Crippen LogP contribution in [-0.4, -0.2) is 16.7 Å². The Morgan fingerprint density at radius 1 is 1.41 bits per heavy atom. The summed E-state index contributed by atoms with van der Waals surface area (Å²) < 4.78 is 10.3. The van der Waals surface area contributed by atoms with Crippen LogP contribution in [0.15, 0.2) is 24.3 Å². The number of alkyl halides is 1. The molecule has 0 aliphatic carbocycles. The smallest absolute Gasteiger partial charge is 0.384 e. The van der Waals surface area contributed by atoms with Gasteiger partial charge < -0.3 is 9.47 Å². The Bertz CT molecular complexity index is 426. The van der Waals surface area contributed by atoms with E-state index in [2.05, 4.69) is 34.4 Å². The largest absolute Gasteiger partial charge is 0.480 e. The summed E-state index contributed by atoms with van der Waals surface area (Å²) in [6.45, 7) is 4.04. The molecule has 0 spiro atoms. The van der Waals surface area contributed by atoms with Gasteiger partial charge in [0.05, 0.1) is 6.61 Å². The van der Waals surface area contributed by atoms with E-state index in [9.17, 15) is 4.79 Å². The highest BCUT2D eigenvalue weighted by Gasteiger charge is 1.98. The Balaban J connectivity index is 2.65. The van der Waals surface area contributed by atoms with Crippen molar-refractivity contribution in [3.63, 3.8) is 0 Å². The van der Waals surface area contributed by atoms with E-state index in [1.165, 1.54) is 0 Å². The summed E-state index contributed by atoms with van der Waals surface area (Å²) >= 11 is 2.18. The van der Waals surface area contributed by atoms with Gasteiger partial charge in [0.1, 0.15) is 9.86 Å². The molecule has 0 aliphatic heterocycles. The molecule has 0 saturated heterocycles. The van der Waals surface area contributed by atoms with E-state index < -0.39 is 5.97 Å². The average molecular weight is 344 g/mol. The minimum atomic E-state index is -0.506. The second kappa shape index (κ2) is 7.17. The van der Waals surface area contributed by atoms with E-state index in [0.717, 1.165) is 11.3 Å². The minimum Gasteiger partial charge on any atom is -0.480 e. The summed E-state index contributed by atoms with van der Waals surface area (Å²) in [5, 5.41) is 0. The fourth-order valence-corrected chi connectivity index (χ4v) is 1.39. The van der Waals surface area contributed by atoms with Crippen LogP contribution in [0.3, 0.4) is 0 Å². The summed E-state index contributed by atoms with van der Waals surface area (Å²) in [4.78, 5) is 11.0. The number of hydrogen-bond donors (Lipinski definition) is 0. The summed E-state index contributed by atoms with van der Waals surface area (Å²) in [5.41, 5.74) is 0.756. The van der Waals surface area contributed by atoms with Gasteiger partial charge in [0.2, 0.25) is 0 Å². The van der Waals surface area contributed by atoms with Crippen LogP contribution in [0.5, 0.6) is 5.75 Å². The number of carbonyl (C=O) groups excluding carboxylic acids is 1. The molecular formula is C13H13IO3. The quantitative estimate of drug-likeness (QED) is 0.366. The van der Waals surface area contributed by atoms with E-state index in [1.807, 2.05) is 19.1 Å². The van der Waals surface area contributed by atoms with E-state index in [1.54, 1.807) is 19.1 Å². The third-order valence-corrected chi connectivity index (χ3v) is 1.99. The fourth-order valence-electron chi connectivity index (χ4n) is 1.09. The zero-order valence-corrected chi connectivity index (χ0v) is 11.9. The Kier molecular flexibility index (Phi) is 5.84. The zero-order valence-electron chi connectivity index (χ0n) is 9.70. The van der Waals surface area contributed by atoms with Gasteiger partial charge in [-0.15, -0.1) is 0 Å². The SMILES string of the molecule is CCOC(=O)C#Cc1ccc(OC(C)I)cc1. The topological polar surface area (TPSA) is 35.5 Å². The maximum Gasteiger partial charge on any atom is 0.384 e. The van der Waals surface area contributed by atoms with Crippen LogP contribution in [0, 0.1) is 11.8 Å². The van der Waals surface area contributed by atoms with Crippen molar-refractivity contribution in [1.29, 1.82) is 0 Å². The molecule has 90 valence electrons.